The van der Waals surface area contributed by atoms with Crippen LogP contribution in [0.4, 0.5) is 28.8 Å². The largest absolute Gasteiger partial charge is 0.462 e. The molecule has 610 valence electrons. The van der Waals surface area contributed by atoms with Crippen molar-refractivity contribution in [2.45, 2.75) is 276 Å². The first-order chi connectivity index (χ1) is 49.9. The van der Waals surface area contributed by atoms with Gasteiger partial charge in [-0.25, -0.2) is 43.2 Å². The summed E-state index contributed by atoms with van der Waals surface area (Å²) >= 11 is 0. The van der Waals surface area contributed by atoms with Crippen molar-refractivity contribution in [3.05, 3.63) is 38.0 Å². The van der Waals surface area contributed by atoms with Crippen molar-refractivity contribution in [2.75, 3.05) is 72.5 Å². The number of nitrogens with one attached hydrogen (secondary N) is 7. The van der Waals surface area contributed by atoms with E-state index in [4.69, 9.17) is 47.4 Å². The quantitative estimate of drug-likeness (QED) is 0.0131. The molecule has 0 saturated heterocycles. The normalized spacial score (nSPS) is 25.2. The fourth-order valence-electron chi connectivity index (χ4n) is 17.1. The zero-order chi connectivity index (χ0) is 80.5. The van der Waals surface area contributed by atoms with E-state index in [-0.39, 0.29) is 151 Å². The number of urea groups is 1. The molecular formula is C79H133N7O21. The van der Waals surface area contributed by atoms with Gasteiger partial charge in [0.05, 0.1) is 0 Å². The minimum atomic E-state index is -0.714. The van der Waals surface area contributed by atoms with Gasteiger partial charge >= 0.3 is 66.3 Å². The molecule has 4 fully saturated rings. The summed E-state index contributed by atoms with van der Waals surface area (Å²) < 4.78 is 51.9. The van der Waals surface area contributed by atoms with Crippen LogP contribution in [0.2, 0.25) is 0 Å². The van der Waals surface area contributed by atoms with Crippen LogP contribution in [0.5, 0.6) is 0 Å². The van der Waals surface area contributed by atoms with Crippen molar-refractivity contribution < 1.29 is 100 Å². The third-order valence-electron chi connectivity index (χ3n) is 20.1. The van der Waals surface area contributed by atoms with Crippen molar-refractivity contribution in [3.63, 3.8) is 0 Å². The van der Waals surface area contributed by atoms with E-state index >= 15 is 0 Å². The number of carbonyl (C=O) groups excluding carboxylic acids is 11. The molecule has 0 radical (unpaired) electrons. The fourth-order valence-corrected chi connectivity index (χ4v) is 17.1. The maximum Gasteiger partial charge on any atom is 0.407 e. The van der Waals surface area contributed by atoms with Gasteiger partial charge in [0.15, 0.2) is 0 Å². The highest BCUT2D eigenvalue weighted by Gasteiger charge is 2.46. The molecular weight excluding hydrogens is 1380 g/mol. The summed E-state index contributed by atoms with van der Waals surface area (Å²) in [6.45, 7) is 43.9. The number of ether oxygens (including phenoxy) is 10. The Kier molecular flexibility index (Phi) is 38.4. The summed E-state index contributed by atoms with van der Waals surface area (Å²) in [5.41, 5.74) is -1.42. The first-order valence-electron chi connectivity index (χ1n) is 38.3. The summed E-state index contributed by atoms with van der Waals surface area (Å²) in [6, 6.07) is -0.712. The van der Waals surface area contributed by atoms with Gasteiger partial charge in [0.2, 0.25) is 0 Å². The molecule has 0 bridgehead atoms. The number of hydrogen-bond donors (Lipinski definition) is 7. The minimum Gasteiger partial charge on any atom is -0.462 e. The summed E-state index contributed by atoms with van der Waals surface area (Å²) in [5.74, 6) is -2.02. The van der Waals surface area contributed by atoms with Gasteiger partial charge in [-0.05, 0) is 159 Å². The standard InChI is InChI=1S/C41H72N4O9.C38H61N3O12/c1-11-14-15-30(12-2)24-42-35(48)44-31-20-39(7,8)27-41(10,23-31)28-43-36(49)53-25-29(4)54-37(50)45-32-21-38(5,6)26-40(9,22-32)17-16-34(47)52-19-18-51-33(46)13-3;1-10-29(42)48-14-15-50-31(44)12-13-37(8)20-27(18-35(4,5)23-37)41-34(47)53-26(3)22-52-32(45)39-25-38(9)21-28(19-36(6,7)24-38)40-33(46)51-17-16-49-30(43)11-2/h13,29-32H,3,11-12,14-28H2,1-2,4-10H3,(H,43,49)(H,45,50)(H2,42,44,48);10-11,26-28H,1-2,12-25H2,3-9H3,(H,39,45)(H,40,46)(H,41,47). The van der Waals surface area contributed by atoms with Gasteiger partial charge in [-0.15, -0.1) is 0 Å². The number of hydrogen-bond acceptors (Lipinski definition) is 21. The van der Waals surface area contributed by atoms with E-state index in [2.05, 4.69) is 147 Å². The second-order valence-electron chi connectivity index (χ2n) is 34.8. The minimum absolute atomic E-state index is 0.0176. The van der Waals surface area contributed by atoms with Crippen LogP contribution < -0.4 is 37.2 Å². The molecule has 11 atom stereocenters. The molecule has 28 nitrogen and oxygen atoms in total. The number of amides is 7. The fraction of sp³-hybridized carbons (Fsp3) is 0.785. The Morgan fingerprint density at radius 1 is 0.402 bits per heavy atom. The highest BCUT2D eigenvalue weighted by atomic mass is 16.6. The summed E-state index contributed by atoms with van der Waals surface area (Å²) in [4.78, 5) is 134. The topological polar surface area (TPSA) is 364 Å². The van der Waals surface area contributed by atoms with Crippen LogP contribution in [0.3, 0.4) is 0 Å². The maximum atomic E-state index is 12.9. The zero-order valence-corrected chi connectivity index (χ0v) is 67.4. The molecule has 7 N–H and O–H groups in total. The van der Waals surface area contributed by atoms with Crippen LogP contribution in [0.25, 0.3) is 0 Å². The molecule has 0 aromatic heterocycles. The number of unbranched alkanes of at least 4 members (excludes halogenated alkanes) is 1. The van der Waals surface area contributed by atoms with Crippen molar-refractivity contribution >= 4 is 66.3 Å². The summed E-state index contributed by atoms with van der Waals surface area (Å²) in [7, 11) is 0. The Bertz CT molecular complexity index is 2960. The molecule has 4 aliphatic rings. The number of rotatable bonds is 38. The maximum absolute atomic E-state index is 12.9. The van der Waals surface area contributed by atoms with E-state index in [1.165, 1.54) is 6.42 Å². The van der Waals surface area contributed by atoms with Gasteiger partial charge in [0.1, 0.15) is 65.1 Å². The van der Waals surface area contributed by atoms with Gasteiger partial charge in [0.25, 0.3) is 0 Å². The third-order valence-corrected chi connectivity index (χ3v) is 20.1. The van der Waals surface area contributed by atoms with Crippen LogP contribution in [0.15, 0.2) is 38.0 Å². The predicted octanol–water partition coefficient (Wildman–Crippen LogP) is 13.1. The highest BCUT2D eigenvalue weighted by molar-refractivity contribution is 5.82. The summed E-state index contributed by atoms with van der Waals surface area (Å²) in [5, 5.41) is 20.8. The van der Waals surface area contributed by atoms with E-state index in [0.29, 0.717) is 64.1 Å². The average molecular weight is 1520 g/mol. The molecule has 107 heavy (non-hydrogen) atoms. The lowest BCUT2D eigenvalue weighted by Gasteiger charge is -2.47. The van der Waals surface area contributed by atoms with Gasteiger partial charge < -0.3 is 84.6 Å². The van der Waals surface area contributed by atoms with E-state index in [1.807, 2.05) is 6.92 Å². The summed E-state index contributed by atoms with van der Waals surface area (Å²) in [6.07, 6.45) is 13.8. The second kappa shape index (κ2) is 44.0. The number of alkyl carbamates (subject to hydrolysis) is 5. The molecule has 4 saturated carbocycles. The molecule has 0 spiro atoms. The SMILES string of the molecule is C=CC(=O)OCCOC(=O)CCC1(C)CC(NC(=O)OC(C)COC(=O)NCC2(C)CC(NC(=O)NCC(CC)CCCC)CC(C)(C)C2)CC(C)(C)C1.C=CC(=O)OCCOC(=O)CCC1(C)CC(NC(=O)OC(C)COC(=O)NCC2(C)CC(NC(=O)OCCOC(=O)C=C)CC(C)(C)C2)CC(C)(C)C1. The molecule has 4 aliphatic carbocycles. The highest BCUT2D eigenvalue weighted by Crippen LogP contribution is 2.51. The second-order valence-corrected chi connectivity index (χ2v) is 34.8. The first-order valence-corrected chi connectivity index (χ1v) is 38.3. The van der Waals surface area contributed by atoms with Crippen molar-refractivity contribution in [2.24, 2.45) is 49.2 Å². The monoisotopic (exact) mass is 1520 g/mol. The number of esters is 5. The molecule has 28 heteroatoms. The Hall–Kier alpha value is -7.81. The Balaban J connectivity index is 0.000000555. The van der Waals surface area contributed by atoms with Crippen molar-refractivity contribution in [3.8, 4) is 0 Å². The molecule has 4 rings (SSSR count). The van der Waals surface area contributed by atoms with E-state index in [1.54, 1.807) is 13.8 Å². The lowest BCUT2D eigenvalue weighted by molar-refractivity contribution is -0.150. The van der Waals surface area contributed by atoms with Crippen LogP contribution in [-0.2, 0) is 71.3 Å². The van der Waals surface area contributed by atoms with Crippen LogP contribution in [0, 0.1) is 49.2 Å². The molecule has 0 aromatic carbocycles. The third kappa shape index (κ3) is 39.2. The predicted molar refractivity (Wildman–Crippen MR) is 403 cm³/mol. The van der Waals surface area contributed by atoms with E-state index in [0.717, 1.165) is 88.9 Å². The zero-order valence-electron chi connectivity index (χ0n) is 67.4. The molecule has 7 amide bonds. The van der Waals surface area contributed by atoms with Crippen LogP contribution in [0.1, 0.15) is 239 Å². The molecule has 0 aromatic rings. The van der Waals surface area contributed by atoms with Crippen molar-refractivity contribution in [1.29, 1.82) is 0 Å². The Morgan fingerprint density at radius 2 is 0.729 bits per heavy atom. The van der Waals surface area contributed by atoms with Gasteiger partial charge in [0, 0.05) is 74.9 Å². The van der Waals surface area contributed by atoms with Gasteiger partial charge in [-0.3, -0.25) is 9.59 Å². The molecule has 11 unspecified atom stereocenters. The smallest absolute Gasteiger partial charge is 0.407 e. The van der Waals surface area contributed by atoms with Crippen LogP contribution in [-0.4, -0.2) is 175 Å². The van der Waals surface area contributed by atoms with E-state index < -0.39 is 60.6 Å². The molecule has 0 aliphatic heterocycles. The van der Waals surface area contributed by atoms with Crippen molar-refractivity contribution in [1.82, 2.24) is 37.2 Å². The van der Waals surface area contributed by atoms with Gasteiger partial charge in [-0.1, -0.05) is 136 Å². The average Bonchev–Trinajstić information content (AvgIpc) is 0.820. The number of carbonyl (C=O) groups is 11. The van der Waals surface area contributed by atoms with E-state index in [9.17, 15) is 52.7 Å². The Labute approximate surface area is 636 Å². The Morgan fingerprint density at radius 3 is 1.08 bits per heavy atom. The lowest BCUT2D eigenvalue weighted by Crippen LogP contribution is -2.52. The first kappa shape index (κ1) is 93.4. The van der Waals surface area contributed by atoms with Crippen LogP contribution >= 0.6 is 0 Å². The molecule has 0 heterocycles. The van der Waals surface area contributed by atoms with Gasteiger partial charge in [-0.2, -0.15) is 0 Å². The lowest BCUT2D eigenvalue weighted by atomic mass is 9.61.